The molecule has 0 saturated heterocycles. The largest absolute Gasteiger partial charge is 0.353 e. The van der Waals surface area contributed by atoms with Crippen molar-refractivity contribution in [1.82, 2.24) is 25.1 Å². The standard InChI is InChI=1S/C18H24N6O/c1-13-2-5-17(22-21-13)23-7-6-16-19-11-15(24(16)9-8-23)12-20-18(25)10-14-3-4-14/h2,5,11,14H,3-4,6-10,12H2,1H3,(H,20,25). The van der Waals surface area contributed by atoms with E-state index in [0.29, 0.717) is 18.9 Å². The van der Waals surface area contributed by atoms with Gasteiger partial charge in [-0.3, -0.25) is 4.79 Å². The zero-order valence-electron chi connectivity index (χ0n) is 14.6. The Labute approximate surface area is 147 Å². The molecule has 25 heavy (non-hydrogen) atoms. The maximum atomic E-state index is 11.9. The van der Waals surface area contributed by atoms with E-state index in [1.807, 2.05) is 25.3 Å². The number of hydrogen-bond acceptors (Lipinski definition) is 5. The van der Waals surface area contributed by atoms with Gasteiger partial charge in [0, 0.05) is 32.5 Å². The van der Waals surface area contributed by atoms with Gasteiger partial charge in [0.1, 0.15) is 5.82 Å². The predicted molar refractivity (Wildman–Crippen MR) is 94.1 cm³/mol. The average molecular weight is 340 g/mol. The first-order valence-electron chi connectivity index (χ1n) is 9.04. The normalized spacial score (nSPS) is 17.1. The maximum absolute atomic E-state index is 11.9. The van der Waals surface area contributed by atoms with E-state index in [-0.39, 0.29) is 5.91 Å². The molecule has 2 aromatic rings. The Balaban J connectivity index is 1.39. The van der Waals surface area contributed by atoms with E-state index < -0.39 is 0 Å². The van der Waals surface area contributed by atoms with Gasteiger partial charge in [0.05, 0.1) is 24.1 Å². The van der Waals surface area contributed by atoms with Crippen molar-refractivity contribution in [2.24, 2.45) is 5.92 Å². The van der Waals surface area contributed by atoms with Crippen molar-refractivity contribution in [3.63, 3.8) is 0 Å². The van der Waals surface area contributed by atoms with Crippen LogP contribution in [0.1, 0.15) is 36.5 Å². The summed E-state index contributed by atoms with van der Waals surface area (Å²) in [6.07, 6.45) is 5.83. The van der Waals surface area contributed by atoms with Gasteiger partial charge in [-0.25, -0.2) is 4.98 Å². The van der Waals surface area contributed by atoms with E-state index in [1.54, 1.807) is 0 Å². The summed E-state index contributed by atoms with van der Waals surface area (Å²) < 4.78 is 2.24. The third-order valence-corrected chi connectivity index (χ3v) is 4.97. The first-order valence-corrected chi connectivity index (χ1v) is 9.04. The Kier molecular flexibility index (Phi) is 4.38. The SMILES string of the molecule is Cc1ccc(N2CCc3ncc(CNC(=O)CC4CC4)n3CC2)nn1. The summed E-state index contributed by atoms with van der Waals surface area (Å²) in [6.45, 7) is 5.09. The highest BCUT2D eigenvalue weighted by molar-refractivity contribution is 5.76. The molecule has 0 aromatic carbocycles. The van der Waals surface area contributed by atoms with Crippen LogP contribution in [-0.2, 0) is 24.3 Å². The van der Waals surface area contributed by atoms with E-state index in [9.17, 15) is 4.79 Å². The number of anilines is 1. The molecule has 1 amide bonds. The number of nitrogens with one attached hydrogen (secondary N) is 1. The first-order chi connectivity index (χ1) is 12.2. The topological polar surface area (TPSA) is 75.9 Å². The first kappa shape index (κ1) is 16.1. The number of rotatable bonds is 5. The van der Waals surface area contributed by atoms with Gasteiger partial charge in [-0.15, -0.1) is 5.10 Å². The predicted octanol–water partition coefficient (Wildman–Crippen LogP) is 1.46. The maximum Gasteiger partial charge on any atom is 0.220 e. The molecule has 3 heterocycles. The van der Waals surface area contributed by atoms with Crippen LogP contribution in [0, 0.1) is 12.8 Å². The average Bonchev–Trinajstić information content (AvgIpc) is 3.37. The van der Waals surface area contributed by atoms with Gasteiger partial charge < -0.3 is 14.8 Å². The molecule has 7 nitrogen and oxygen atoms in total. The van der Waals surface area contributed by atoms with Crippen molar-refractivity contribution < 1.29 is 4.79 Å². The number of aryl methyl sites for hydroxylation is 1. The van der Waals surface area contributed by atoms with Crippen LogP contribution in [0.5, 0.6) is 0 Å². The van der Waals surface area contributed by atoms with Crippen LogP contribution in [0.2, 0.25) is 0 Å². The third-order valence-electron chi connectivity index (χ3n) is 4.97. The minimum Gasteiger partial charge on any atom is -0.353 e. The Morgan fingerprint density at radius 3 is 2.88 bits per heavy atom. The van der Waals surface area contributed by atoms with Gasteiger partial charge in [-0.1, -0.05) is 0 Å². The number of amides is 1. The Hall–Kier alpha value is -2.44. The summed E-state index contributed by atoms with van der Waals surface area (Å²) in [4.78, 5) is 18.7. The van der Waals surface area contributed by atoms with Crippen LogP contribution >= 0.6 is 0 Å². The number of carbonyl (C=O) groups excluding carboxylic acids is 1. The minimum atomic E-state index is 0.156. The number of carbonyl (C=O) groups is 1. The molecular weight excluding hydrogens is 316 g/mol. The molecule has 0 radical (unpaired) electrons. The quantitative estimate of drug-likeness (QED) is 0.892. The van der Waals surface area contributed by atoms with Crippen LogP contribution in [0.15, 0.2) is 18.3 Å². The Morgan fingerprint density at radius 2 is 2.12 bits per heavy atom. The van der Waals surface area contributed by atoms with Crippen molar-refractivity contribution in [3.05, 3.63) is 35.5 Å². The lowest BCUT2D eigenvalue weighted by molar-refractivity contribution is -0.121. The number of hydrogen-bond donors (Lipinski definition) is 1. The molecule has 0 spiro atoms. The second kappa shape index (κ2) is 6.82. The van der Waals surface area contributed by atoms with Crippen molar-refractivity contribution in [2.45, 2.75) is 45.7 Å². The molecule has 1 N–H and O–H groups in total. The fourth-order valence-corrected chi connectivity index (χ4v) is 3.27. The molecule has 132 valence electrons. The van der Waals surface area contributed by atoms with E-state index >= 15 is 0 Å². The lowest BCUT2D eigenvalue weighted by Crippen LogP contribution is -2.28. The number of fused-ring (bicyclic) bond motifs is 1. The third kappa shape index (κ3) is 3.81. The number of nitrogens with zero attached hydrogens (tertiary/aromatic N) is 5. The Morgan fingerprint density at radius 1 is 1.24 bits per heavy atom. The van der Waals surface area contributed by atoms with Crippen LogP contribution in [0.3, 0.4) is 0 Å². The van der Waals surface area contributed by atoms with E-state index in [4.69, 9.17) is 0 Å². The van der Waals surface area contributed by atoms with Crippen LogP contribution in [-0.4, -0.2) is 38.7 Å². The Bertz CT molecular complexity index is 749. The summed E-state index contributed by atoms with van der Waals surface area (Å²) in [5, 5.41) is 11.5. The second-order valence-electron chi connectivity index (χ2n) is 7.01. The molecule has 2 aliphatic rings. The summed E-state index contributed by atoms with van der Waals surface area (Å²) in [6, 6.07) is 4.02. The molecule has 1 saturated carbocycles. The fourth-order valence-electron chi connectivity index (χ4n) is 3.27. The van der Waals surface area contributed by atoms with Crippen molar-refractivity contribution >= 4 is 11.7 Å². The molecule has 4 rings (SSSR count). The van der Waals surface area contributed by atoms with Gasteiger partial charge in [0.25, 0.3) is 0 Å². The molecule has 0 unspecified atom stereocenters. The van der Waals surface area contributed by atoms with Crippen LogP contribution < -0.4 is 10.2 Å². The highest BCUT2D eigenvalue weighted by Crippen LogP contribution is 2.32. The van der Waals surface area contributed by atoms with Gasteiger partial charge >= 0.3 is 0 Å². The van der Waals surface area contributed by atoms with Gasteiger partial charge in [-0.05, 0) is 37.8 Å². The monoisotopic (exact) mass is 340 g/mol. The molecular formula is C18H24N6O. The van der Waals surface area contributed by atoms with Gasteiger partial charge in [0.15, 0.2) is 5.82 Å². The lowest BCUT2D eigenvalue weighted by atomic mass is 10.3. The minimum absolute atomic E-state index is 0.156. The van der Waals surface area contributed by atoms with E-state index in [2.05, 4.69) is 30.0 Å². The molecule has 7 heteroatoms. The van der Waals surface area contributed by atoms with Crippen molar-refractivity contribution in [3.8, 4) is 0 Å². The van der Waals surface area contributed by atoms with Crippen LogP contribution in [0.4, 0.5) is 5.82 Å². The zero-order chi connectivity index (χ0) is 17.2. The smallest absolute Gasteiger partial charge is 0.220 e. The summed E-state index contributed by atoms with van der Waals surface area (Å²) in [5.41, 5.74) is 2.01. The van der Waals surface area contributed by atoms with Gasteiger partial charge in [0.2, 0.25) is 5.91 Å². The molecule has 0 bridgehead atoms. The lowest BCUT2D eigenvalue weighted by Gasteiger charge is -2.20. The second-order valence-corrected chi connectivity index (χ2v) is 7.01. The number of imidazole rings is 1. The molecule has 1 fully saturated rings. The summed E-state index contributed by atoms with van der Waals surface area (Å²) in [5.74, 6) is 2.76. The number of aromatic nitrogens is 4. The molecule has 0 atom stereocenters. The van der Waals surface area contributed by atoms with E-state index in [1.165, 1.54) is 12.8 Å². The zero-order valence-corrected chi connectivity index (χ0v) is 14.6. The van der Waals surface area contributed by atoms with Crippen LogP contribution in [0.25, 0.3) is 0 Å². The van der Waals surface area contributed by atoms with Gasteiger partial charge in [-0.2, -0.15) is 5.10 Å². The fraction of sp³-hybridized carbons (Fsp3) is 0.556. The summed E-state index contributed by atoms with van der Waals surface area (Å²) in [7, 11) is 0. The molecule has 1 aliphatic carbocycles. The van der Waals surface area contributed by atoms with E-state index in [0.717, 1.165) is 49.1 Å². The van der Waals surface area contributed by atoms with Crippen molar-refractivity contribution in [2.75, 3.05) is 18.0 Å². The highest BCUT2D eigenvalue weighted by Gasteiger charge is 2.24. The summed E-state index contributed by atoms with van der Waals surface area (Å²) >= 11 is 0. The van der Waals surface area contributed by atoms with Crippen molar-refractivity contribution in [1.29, 1.82) is 0 Å². The highest BCUT2D eigenvalue weighted by atomic mass is 16.1. The molecule has 1 aliphatic heterocycles. The molecule has 2 aromatic heterocycles.